The first-order valence-electron chi connectivity index (χ1n) is 7.09. The van der Waals surface area contributed by atoms with Gasteiger partial charge in [0, 0.05) is 18.8 Å². The predicted octanol–water partition coefficient (Wildman–Crippen LogP) is 2.04. The molecule has 0 aliphatic carbocycles. The molecule has 1 aromatic rings. The molecule has 1 aliphatic heterocycles. The van der Waals surface area contributed by atoms with Crippen molar-refractivity contribution in [3.05, 3.63) is 24.3 Å². The molecule has 0 radical (unpaired) electrons. The molecule has 0 bridgehead atoms. The summed E-state index contributed by atoms with van der Waals surface area (Å²) in [5.74, 6) is 0. The fourth-order valence-corrected chi connectivity index (χ4v) is 5.25. The highest BCUT2D eigenvalue weighted by Gasteiger charge is 2.32. The summed E-state index contributed by atoms with van der Waals surface area (Å²) in [5.41, 5.74) is 0. The first-order chi connectivity index (χ1) is 9.76. The van der Waals surface area contributed by atoms with Gasteiger partial charge in [-0.25, -0.2) is 16.8 Å². The second-order valence-corrected chi connectivity index (χ2v) is 9.33. The van der Waals surface area contributed by atoms with E-state index in [1.165, 1.54) is 28.6 Å². The van der Waals surface area contributed by atoms with Crippen molar-refractivity contribution < 1.29 is 16.8 Å². The zero-order valence-corrected chi connectivity index (χ0v) is 14.0. The summed E-state index contributed by atoms with van der Waals surface area (Å²) in [7, 11) is -7.06. The molecular formula is C14H21NO4S2. The molecule has 0 spiro atoms. The van der Waals surface area contributed by atoms with Crippen molar-refractivity contribution >= 4 is 19.9 Å². The van der Waals surface area contributed by atoms with Crippen LogP contribution in [-0.2, 0) is 19.9 Å². The molecule has 2 rings (SSSR count). The maximum atomic E-state index is 12.8. The summed E-state index contributed by atoms with van der Waals surface area (Å²) in [6.45, 7) is 2.48. The van der Waals surface area contributed by atoms with Crippen LogP contribution in [0.25, 0.3) is 0 Å². The Bertz CT molecular complexity index is 710. The van der Waals surface area contributed by atoms with Gasteiger partial charge in [-0.1, -0.05) is 19.4 Å². The Balaban J connectivity index is 2.44. The van der Waals surface area contributed by atoms with Gasteiger partial charge >= 0.3 is 0 Å². The lowest BCUT2D eigenvalue weighted by molar-refractivity contribution is 0.246. The van der Waals surface area contributed by atoms with Crippen molar-refractivity contribution in [3.63, 3.8) is 0 Å². The molecule has 1 aliphatic rings. The Morgan fingerprint density at radius 2 is 1.81 bits per heavy atom. The molecule has 1 aromatic carbocycles. The van der Waals surface area contributed by atoms with E-state index in [1.807, 2.05) is 6.92 Å². The van der Waals surface area contributed by atoms with Crippen LogP contribution in [0.1, 0.15) is 32.6 Å². The molecule has 5 nitrogen and oxygen atoms in total. The van der Waals surface area contributed by atoms with Gasteiger partial charge < -0.3 is 0 Å². The molecule has 1 fully saturated rings. The minimum absolute atomic E-state index is 0.00522. The normalized spacial score (nSPS) is 21.3. The number of rotatable bonds is 4. The van der Waals surface area contributed by atoms with Crippen LogP contribution in [0.15, 0.2) is 34.1 Å². The highest BCUT2D eigenvalue weighted by atomic mass is 32.2. The molecule has 0 aromatic heterocycles. The molecule has 0 N–H and O–H groups in total. The maximum absolute atomic E-state index is 12.8. The number of hydrogen-bond donors (Lipinski definition) is 0. The second kappa shape index (κ2) is 6.06. The third kappa shape index (κ3) is 3.46. The highest BCUT2D eigenvalue weighted by Crippen LogP contribution is 2.27. The minimum Gasteiger partial charge on any atom is -0.224 e. The van der Waals surface area contributed by atoms with E-state index in [9.17, 15) is 16.8 Å². The van der Waals surface area contributed by atoms with Crippen molar-refractivity contribution in [1.29, 1.82) is 0 Å². The van der Waals surface area contributed by atoms with Crippen molar-refractivity contribution in [3.8, 4) is 0 Å². The molecular weight excluding hydrogens is 310 g/mol. The van der Waals surface area contributed by atoms with E-state index in [2.05, 4.69) is 0 Å². The van der Waals surface area contributed by atoms with Gasteiger partial charge in [-0.15, -0.1) is 0 Å². The van der Waals surface area contributed by atoms with Gasteiger partial charge in [0.25, 0.3) is 0 Å². The van der Waals surface area contributed by atoms with Crippen LogP contribution >= 0.6 is 0 Å². The van der Waals surface area contributed by atoms with Crippen molar-refractivity contribution in [2.24, 2.45) is 0 Å². The summed E-state index contributed by atoms with van der Waals surface area (Å²) in [5, 5.41) is 0. The molecule has 118 valence electrons. The number of benzene rings is 1. The summed E-state index contributed by atoms with van der Waals surface area (Å²) in [6, 6.07) is 5.62. The van der Waals surface area contributed by atoms with Gasteiger partial charge in [0.15, 0.2) is 9.84 Å². The molecule has 21 heavy (non-hydrogen) atoms. The van der Waals surface area contributed by atoms with Crippen LogP contribution in [-0.4, -0.2) is 40.0 Å². The summed E-state index contributed by atoms with van der Waals surface area (Å²) in [6.07, 6.45) is 4.59. The Hall–Kier alpha value is -0.920. The van der Waals surface area contributed by atoms with Crippen molar-refractivity contribution in [2.45, 2.75) is 48.4 Å². The monoisotopic (exact) mass is 331 g/mol. The van der Waals surface area contributed by atoms with E-state index in [0.29, 0.717) is 6.54 Å². The molecule has 7 heteroatoms. The van der Waals surface area contributed by atoms with Crippen molar-refractivity contribution in [2.75, 3.05) is 12.8 Å². The highest BCUT2D eigenvalue weighted by molar-refractivity contribution is 7.91. The molecule has 1 atom stereocenters. The number of sulfone groups is 1. The number of nitrogens with zero attached hydrogens (tertiary/aromatic N) is 1. The first-order valence-corrected chi connectivity index (χ1v) is 10.4. The number of hydrogen-bond acceptors (Lipinski definition) is 4. The second-order valence-electron chi connectivity index (χ2n) is 5.42. The van der Waals surface area contributed by atoms with Crippen LogP contribution in [0.2, 0.25) is 0 Å². The van der Waals surface area contributed by atoms with E-state index in [-0.39, 0.29) is 15.8 Å². The van der Waals surface area contributed by atoms with Gasteiger partial charge in [0.2, 0.25) is 10.0 Å². The average Bonchev–Trinajstić information content (AvgIpc) is 2.46. The van der Waals surface area contributed by atoms with Crippen LogP contribution in [0.4, 0.5) is 0 Å². The SMILES string of the molecule is CCC1CCCCN1S(=O)(=O)c1cccc(S(C)(=O)=O)c1. The largest absolute Gasteiger partial charge is 0.243 e. The topological polar surface area (TPSA) is 71.5 Å². The molecule has 0 amide bonds. The fourth-order valence-electron chi connectivity index (χ4n) is 2.70. The van der Waals surface area contributed by atoms with E-state index < -0.39 is 19.9 Å². The Labute approximate surface area is 126 Å². The molecule has 1 heterocycles. The lowest BCUT2D eigenvalue weighted by Crippen LogP contribution is -2.43. The molecule has 1 saturated heterocycles. The lowest BCUT2D eigenvalue weighted by Gasteiger charge is -2.34. The van der Waals surface area contributed by atoms with Gasteiger partial charge in [-0.05, 0) is 37.5 Å². The van der Waals surface area contributed by atoms with Gasteiger partial charge in [-0.3, -0.25) is 0 Å². The summed E-state index contributed by atoms with van der Waals surface area (Å²) in [4.78, 5) is 0.0967. The van der Waals surface area contributed by atoms with E-state index >= 15 is 0 Å². The van der Waals surface area contributed by atoms with Crippen molar-refractivity contribution in [1.82, 2.24) is 4.31 Å². The van der Waals surface area contributed by atoms with Gasteiger partial charge in [-0.2, -0.15) is 4.31 Å². The number of piperidine rings is 1. The quantitative estimate of drug-likeness (QED) is 0.846. The van der Waals surface area contributed by atoms with Gasteiger partial charge in [0.05, 0.1) is 9.79 Å². The Morgan fingerprint density at radius 3 is 2.43 bits per heavy atom. The van der Waals surface area contributed by atoms with Crippen LogP contribution in [0.5, 0.6) is 0 Å². The maximum Gasteiger partial charge on any atom is 0.243 e. The summed E-state index contributed by atoms with van der Waals surface area (Å²) < 4.78 is 50.3. The standard InChI is InChI=1S/C14H21NO4S2/c1-3-12-7-4-5-10-15(12)21(18,19)14-9-6-8-13(11-14)20(2,16)17/h6,8-9,11-12H,3-5,7,10H2,1-2H3. The average molecular weight is 331 g/mol. The van der Waals surface area contributed by atoms with Crippen LogP contribution in [0.3, 0.4) is 0 Å². The number of sulfonamides is 1. The Morgan fingerprint density at radius 1 is 1.14 bits per heavy atom. The lowest BCUT2D eigenvalue weighted by atomic mass is 10.0. The smallest absolute Gasteiger partial charge is 0.224 e. The van der Waals surface area contributed by atoms with Gasteiger partial charge in [0.1, 0.15) is 0 Å². The third-order valence-corrected chi connectivity index (χ3v) is 6.94. The minimum atomic E-state index is -3.64. The van der Waals surface area contributed by atoms with Crippen LogP contribution < -0.4 is 0 Å². The van der Waals surface area contributed by atoms with E-state index in [0.717, 1.165) is 31.9 Å². The molecule has 0 saturated carbocycles. The molecule has 1 unspecified atom stereocenters. The zero-order valence-electron chi connectivity index (χ0n) is 12.3. The van der Waals surface area contributed by atoms with Crippen LogP contribution in [0, 0.1) is 0 Å². The zero-order chi connectivity index (χ0) is 15.7. The Kier molecular flexibility index (Phi) is 4.75. The third-order valence-electron chi connectivity index (χ3n) is 3.88. The fraction of sp³-hybridized carbons (Fsp3) is 0.571. The first kappa shape index (κ1) is 16.5. The predicted molar refractivity (Wildman–Crippen MR) is 81.4 cm³/mol. The summed E-state index contributed by atoms with van der Waals surface area (Å²) >= 11 is 0. The van der Waals surface area contributed by atoms with E-state index in [4.69, 9.17) is 0 Å². The van der Waals surface area contributed by atoms with E-state index in [1.54, 1.807) is 0 Å².